The molecule has 0 amide bonds. The summed E-state index contributed by atoms with van der Waals surface area (Å²) in [5.74, 6) is 1.45. The van der Waals surface area contributed by atoms with Gasteiger partial charge in [-0.2, -0.15) is 0 Å². The van der Waals surface area contributed by atoms with Crippen molar-refractivity contribution < 1.29 is 4.74 Å². The first-order valence-corrected chi connectivity index (χ1v) is 11.2. The van der Waals surface area contributed by atoms with Crippen LogP contribution in [0.15, 0.2) is 97.6 Å². The second-order valence-electron chi connectivity index (χ2n) is 7.45. The molecule has 0 aliphatic carbocycles. The van der Waals surface area contributed by atoms with Crippen molar-refractivity contribution in [2.45, 2.75) is 6.42 Å². The Labute approximate surface area is 191 Å². The van der Waals surface area contributed by atoms with Gasteiger partial charge in [-0.05, 0) is 53.4 Å². The van der Waals surface area contributed by atoms with Crippen LogP contribution in [0, 0.1) is 0 Å². The monoisotopic (exact) mass is 431 g/mol. The lowest BCUT2D eigenvalue weighted by atomic mass is 9.88. The number of nitrogens with zero attached hydrogens (tertiary/aromatic N) is 1. The molecular formula is C28H30ClNO. The topological polar surface area (TPSA) is 12.5 Å². The number of benzene rings is 3. The summed E-state index contributed by atoms with van der Waals surface area (Å²) in [6.45, 7) is 6.13. The van der Waals surface area contributed by atoms with Gasteiger partial charge >= 0.3 is 0 Å². The molecule has 31 heavy (non-hydrogen) atoms. The van der Waals surface area contributed by atoms with Gasteiger partial charge in [-0.15, -0.1) is 18.2 Å². The van der Waals surface area contributed by atoms with Gasteiger partial charge in [-0.25, -0.2) is 0 Å². The first-order chi connectivity index (χ1) is 15.2. The number of ether oxygens (including phenoxy) is 1. The van der Waals surface area contributed by atoms with E-state index in [4.69, 9.17) is 16.3 Å². The average Bonchev–Trinajstić information content (AvgIpc) is 2.81. The predicted octanol–water partition coefficient (Wildman–Crippen LogP) is 6.77. The van der Waals surface area contributed by atoms with E-state index >= 15 is 0 Å². The Balaban J connectivity index is 1.92. The molecule has 2 nitrogen and oxygen atoms in total. The molecule has 0 bridgehead atoms. The standard InChI is InChI=1S/C28H30ClNO/c1-3-20-30(2)21-22-31-26-16-14-25(15-17-26)28(24-12-8-5-9-13-24)27(18-19-29)23-10-6-4-7-11-23/h3-17H,1,18-22H2,2H3/b28-27+. The van der Waals surface area contributed by atoms with Gasteiger partial charge in [0, 0.05) is 19.0 Å². The lowest BCUT2D eigenvalue weighted by Gasteiger charge is -2.18. The maximum absolute atomic E-state index is 6.23. The number of allylic oxidation sites excluding steroid dienone is 1. The van der Waals surface area contributed by atoms with E-state index < -0.39 is 0 Å². The molecule has 0 radical (unpaired) electrons. The number of halogens is 1. The van der Waals surface area contributed by atoms with Crippen molar-refractivity contribution in [3.8, 4) is 5.75 Å². The summed E-state index contributed by atoms with van der Waals surface area (Å²) >= 11 is 6.23. The van der Waals surface area contributed by atoms with Crippen molar-refractivity contribution in [2.24, 2.45) is 0 Å². The molecule has 0 aliphatic heterocycles. The highest BCUT2D eigenvalue weighted by Gasteiger charge is 2.14. The highest BCUT2D eigenvalue weighted by Crippen LogP contribution is 2.35. The van der Waals surface area contributed by atoms with Crippen LogP contribution >= 0.6 is 11.6 Å². The molecule has 0 fully saturated rings. The first kappa shape index (κ1) is 22.9. The number of hydrogen-bond acceptors (Lipinski definition) is 2. The van der Waals surface area contributed by atoms with E-state index in [-0.39, 0.29) is 0 Å². The van der Waals surface area contributed by atoms with E-state index in [2.05, 4.69) is 91.3 Å². The lowest BCUT2D eigenvalue weighted by Crippen LogP contribution is -2.24. The molecule has 0 saturated heterocycles. The highest BCUT2D eigenvalue weighted by molar-refractivity contribution is 6.18. The SMILES string of the molecule is C=CCN(C)CCOc1ccc(/C(=C(\CCCl)c2ccccc2)c2ccccc2)cc1. The lowest BCUT2D eigenvalue weighted by molar-refractivity contribution is 0.250. The Hall–Kier alpha value is -2.81. The van der Waals surface area contributed by atoms with Gasteiger partial charge in [0.1, 0.15) is 12.4 Å². The van der Waals surface area contributed by atoms with Crippen LogP contribution < -0.4 is 4.74 Å². The largest absolute Gasteiger partial charge is 0.492 e. The van der Waals surface area contributed by atoms with Crippen molar-refractivity contribution in [1.82, 2.24) is 4.90 Å². The summed E-state index contributed by atoms with van der Waals surface area (Å²) in [4.78, 5) is 2.18. The Morgan fingerprint density at radius 1 is 0.871 bits per heavy atom. The summed E-state index contributed by atoms with van der Waals surface area (Å²) in [5.41, 5.74) is 6.01. The van der Waals surface area contributed by atoms with Crippen molar-refractivity contribution >= 4 is 22.7 Å². The first-order valence-electron chi connectivity index (χ1n) is 10.7. The molecule has 3 rings (SSSR count). The second kappa shape index (κ2) is 12.1. The Bertz CT molecular complexity index is 965. The molecule has 0 saturated carbocycles. The van der Waals surface area contributed by atoms with Gasteiger partial charge in [0.2, 0.25) is 0 Å². The Kier molecular flexibility index (Phi) is 8.96. The summed E-state index contributed by atoms with van der Waals surface area (Å²) in [6, 6.07) is 29.4. The van der Waals surface area contributed by atoms with Crippen molar-refractivity contribution in [1.29, 1.82) is 0 Å². The fourth-order valence-corrected chi connectivity index (χ4v) is 3.81. The molecule has 0 aliphatic rings. The molecule has 0 N–H and O–H groups in total. The minimum atomic E-state index is 0.569. The molecule has 0 spiro atoms. The highest BCUT2D eigenvalue weighted by atomic mass is 35.5. The summed E-state index contributed by atoms with van der Waals surface area (Å²) in [6.07, 6.45) is 2.70. The van der Waals surface area contributed by atoms with Crippen molar-refractivity contribution in [2.75, 3.05) is 32.6 Å². The fraction of sp³-hybridized carbons (Fsp3) is 0.214. The number of hydrogen-bond donors (Lipinski definition) is 0. The quantitative estimate of drug-likeness (QED) is 0.188. The maximum Gasteiger partial charge on any atom is 0.119 e. The van der Waals surface area contributed by atoms with E-state index in [1.165, 1.54) is 22.3 Å². The van der Waals surface area contributed by atoms with E-state index in [1.54, 1.807) is 0 Å². The van der Waals surface area contributed by atoms with Crippen LogP contribution in [0.5, 0.6) is 5.75 Å². The van der Waals surface area contributed by atoms with Gasteiger partial charge in [-0.1, -0.05) is 78.9 Å². The zero-order chi connectivity index (χ0) is 21.9. The minimum Gasteiger partial charge on any atom is -0.492 e. The molecule has 0 aromatic heterocycles. The van der Waals surface area contributed by atoms with Crippen LogP contribution in [0.25, 0.3) is 11.1 Å². The third kappa shape index (κ3) is 6.58. The van der Waals surface area contributed by atoms with Gasteiger partial charge in [-0.3, -0.25) is 4.90 Å². The zero-order valence-electron chi connectivity index (χ0n) is 18.1. The van der Waals surface area contributed by atoms with E-state index in [9.17, 15) is 0 Å². The Morgan fingerprint density at radius 2 is 1.45 bits per heavy atom. The average molecular weight is 432 g/mol. The minimum absolute atomic E-state index is 0.569. The molecular weight excluding hydrogens is 402 g/mol. The normalized spacial score (nSPS) is 11.8. The molecule has 0 heterocycles. The second-order valence-corrected chi connectivity index (χ2v) is 7.83. The van der Waals surface area contributed by atoms with Crippen LogP contribution in [-0.2, 0) is 0 Å². The van der Waals surface area contributed by atoms with Gasteiger partial charge in [0.05, 0.1) is 0 Å². The van der Waals surface area contributed by atoms with Crippen LogP contribution in [0.4, 0.5) is 0 Å². The summed E-state index contributed by atoms with van der Waals surface area (Å²) in [5, 5.41) is 0. The fourth-order valence-electron chi connectivity index (χ4n) is 3.62. The molecule has 0 unspecified atom stereocenters. The van der Waals surface area contributed by atoms with E-state index in [0.717, 1.165) is 30.8 Å². The number of likely N-dealkylation sites (N-methyl/N-ethyl adjacent to an activating group) is 1. The molecule has 3 heteroatoms. The van der Waals surface area contributed by atoms with E-state index in [0.29, 0.717) is 12.5 Å². The molecule has 160 valence electrons. The van der Waals surface area contributed by atoms with Crippen LogP contribution in [0.1, 0.15) is 23.1 Å². The third-order valence-electron chi connectivity index (χ3n) is 5.16. The van der Waals surface area contributed by atoms with Gasteiger partial charge in [0.15, 0.2) is 0 Å². The van der Waals surface area contributed by atoms with Crippen LogP contribution in [0.2, 0.25) is 0 Å². The van der Waals surface area contributed by atoms with Crippen LogP contribution in [0.3, 0.4) is 0 Å². The summed E-state index contributed by atoms with van der Waals surface area (Å²) in [7, 11) is 2.06. The molecule has 0 atom stereocenters. The predicted molar refractivity (Wildman–Crippen MR) is 134 cm³/mol. The molecule has 3 aromatic rings. The zero-order valence-corrected chi connectivity index (χ0v) is 18.9. The Morgan fingerprint density at radius 3 is 2.03 bits per heavy atom. The third-order valence-corrected chi connectivity index (χ3v) is 5.35. The number of rotatable bonds is 11. The number of alkyl halides is 1. The van der Waals surface area contributed by atoms with E-state index in [1.807, 2.05) is 18.2 Å². The van der Waals surface area contributed by atoms with Crippen LogP contribution in [-0.4, -0.2) is 37.5 Å². The van der Waals surface area contributed by atoms with Gasteiger partial charge in [0.25, 0.3) is 0 Å². The smallest absolute Gasteiger partial charge is 0.119 e. The van der Waals surface area contributed by atoms with Gasteiger partial charge < -0.3 is 4.74 Å². The maximum atomic E-state index is 6.23. The van der Waals surface area contributed by atoms with Crippen molar-refractivity contribution in [3.63, 3.8) is 0 Å². The summed E-state index contributed by atoms with van der Waals surface area (Å²) < 4.78 is 5.94. The van der Waals surface area contributed by atoms with Crippen molar-refractivity contribution in [3.05, 3.63) is 114 Å². The molecule has 3 aromatic carbocycles.